The molecule has 0 aliphatic carbocycles. The third kappa shape index (κ3) is 1.56. The Kier molecular flexibility index (Phi) is 2.64. The molecule has 2 rings (SSSR count). The third-order valence-electron chi connectivity index (χ3n) is 2.81. The fourth-order valence-corrected chi connectivity index (χ4v) is 1.97. The zero-order chi connectivity index (χ0) is 12.4. The summed E-state index contributed by atoms with van der Waals surface area (Å²) in [5, 5.41) is 17.9. The van der Waals surface area contributed by atoms with Gasteiger partial charge in [-0.25, -0.2) is 0 Å². The lowest BCUT2D eigenvalue weighted by Crippen LogP contribution is -2.41. The van der Waals surface area contributed by atoms with Crippen LogP contribution in [0, 0.1) is 22.7 Å². The smallest absolute Gasteiger partial charge is 0.255 e. The molecule has 1 aromatic carbocycles. The molecule has 0 saturated carbocycles. The maximum atomic E-state index is 12.0. The number of fused-ring (bicyclic) bond motifs is 1. The second-order valence-electron chi connectivity index (χ2n) is 3.72. The van der Waals surface area contributed by atoms with E-state index in [4.69, 9.17) is 10.5 Å². The Bertz CT molecular complexity index is 589. The molecule has 0 saturated heterocycles. The van der Waals surface area contributed by atoms with Crippen LogP contribution >= 0.6 is 0 Å². The summed E-state index contributed by atoms with van der Waals surface area (Å²) < 4.78 is 0. The lowest BCUT2D eigenvalue weighted by molar-refractivity contribution is 0.0779. The van der Waals surface area contributed by atoms with Crippen LogP contribution in [0.3, 0.4) is 0 Å². The Morgan fingerprint density at radius 3 is 2.53 bits per heavy atom. The highest BCUT2D eigenvalue weighted by atomic mass is 16.2. The number of amides is 1. The highest BCUT2D eigenvalue weighted by Crippen LogP contribution is 2.31. The lowest BCUT2D eigenvalue weighted by Gasteiger charge is -2.31. The van der Waals surface area contributed by atoms with Crippen LogP contribution < -0.4 is 0 Å². The van der Waals surface area contributed by atoms with E-state index in [0.29, 0.717) is 16.7 Å². The van der Waals surface area contributed by atoms with Crippen molar-refractivity contribution in [2.75, 3.05) is 7.05 Å². The Morgan fingerprint density at radius 1 is 1.29 bits per heavy atom. The molecule has 0 N–H and O–H groups in total. The first-order chi connectivity index (χ1) is 8.20. The maximum Gasteiger partial charge on any atom is 0.255 e. The van der Waals surface area contributed by atoms with Crippen molar-refractivity contribution in [1.29, 1.82) is 10.5 Å². The first-order valence-electron chi connectivity index (χ1n) is 5.06. The van der Waals surface area contributed by atoms with Gasteiger partial charge < -0.3 is 4.90 Å². The van der Waals surface area contributed by atoms with Crippen LogP contribution in [0.2, 0.25) is 0 Å². The van der Waals surface area contributed by atoms with Gasteiger partial charge in [-0.2, -0.15) is 10.5 Å². The Balaban J connectivity index is 2.71. The SMILES string of the molecule is CN1C(=O)c2ccccc2/C(=C\C#N)C1C#N. The van der Waals surface area contributed by atoms with E-state index >= 15 is 0 Å². The molecule has 1 amide bonds. The molecule has 82 valence electrons. The van der Waals surface area contributed by atoms with Crippen molar-refractivity contribution in [3.05, 3.63) is 41.5 Å². The molecule has 1 aliphatic heterocycles. The van der Waals surface area contributed by atoms with Gasteiger partial charge in [0.15, 0.2) is 0 Å². The summed E-state index contributed by atoms with van der Waals surface area (Å²) >= 11 is 0. The van der Waals surface area contributed by atoms with E-state index < -0.39 is 6.04 Å². The summed E-state index contributed by atoms with van der Waals surface area (Å²) in [7, 11) is 1.57. The molecule has 1 aliphatic rings. The monoisotopic (exact) mass is 223 g/mol. The lowest BCUT2D eigenvalue weighted by atomic mass is 9.89. The number of rotatable bonds is 0. The maximum absolute atomic E-state index is 12.0. The van der Waals surface area contributed by atoms with Gasteiger partial charge in [-0.1, -0.05) is 18.2 Å². The molecule has 1 heterocycles. The fraction of sp³-hybridized carbons (Fsp3) is 0.154. The molecule has 0 bridgehead atoms. The van der Waals surface area contributed by atoms with Crippen LogP contribution in [-0.2, 0) is 0 Å². The summed E-state index contributed by atoms with van der Waals surface area (Å²) in [4.78, 5) is 13.4. The summed E-state index contributed by atoms with van der Waals surface area (Å²) in [6.45, 7) is 0. The van der Waals surface area contributed by atoms with Crippen molar-refractivity contribution in [3.63, 3.8) is 0 Å². The van der Waals surface area contributed by atoms with E-state index in [9.17, 15) is 4.79 Å². The first-order valence-corrected chi connectivity index (χ1v) is 5.06. The Labute approximate surface area is 99.0 Å². The molecule has 17 heavy (non-hydrogen) atoms. The van der Waals surface area contributed by atoms with Crippen molar-refractivity contribution in [2.45, 2.75) is 6.04 Å². The molecule has 0 fully saturated rings. The zero-order valence-electron chi connectivity index (χ0n) is 9.21. The van der Waals surface area contributed by atoms with Gasteiger partial charge in [0, 0.05) is 24.3 Å². The van der Waals surface area contributed by atoms with Crippen LogP contribution in [0.5, 0.6) is 0 Å². The number of nitrogens with zero attached hydrogens (tertiary/aromatic N) is 3. The minimum absolute atomic E-state index is 0.192. The largest absolute Gasteiger partial charge is 0.322 e. The molecule has 1 atom stereocenters. The predicted octanol–water partition coefficient (Wildman–Crippen LogP) is 1.57. The molecule has 1 unspecified atom stereocenters. The van der Waals surface area contributed by atoms with Gasteiger partial charge in [0.2, 0.25) is 0 Å². The number of likely N-dealkylation sites (N-methyl/N-ethyl adjacent to an activating group) is 1. The van der Waals surface area contributed by atoms with Crippen LogP contribution in [0.25, 0.3) is 5.57 Å². The van der Waals surface area contributed by atoms with Gasteiger partial charge in [0.25, 0.3) is 5.91 Å². The molecule has 0 aromatic heterocycles. The Hall–Kier alpha value is -2.59. The summed E-state index contributed by atoms with van der Waals surface area (Å²) in [5.74, 6) is -0.192. The number of carbonyl (C=O) groups is 1. The molecular weight excluding hydrogens is 214 g/mol. The fourth-order valence-electron chi connectivity index (χ4n) is 1.97. The van der Waals surface area contributed by atoms with Crippen molar-refractivity contribution >= 4 is 11.5 Å². The second-order valence-corrected chi connectivity index (χ2v) is 3.72. The van der Waals surface area contributed by atoms with Crippen LogP contribution in [0.4, 0.5) is 0 Å². The van der Waals surface area contributed by atoms with E-state index in [-0.39, 0.29) is 5.91 Å². The minimum Gasteiger partial charge on any atom is -0.322 e. The molecule has 4 heteroatoms. The van der Waals surface area contributed by atoms with E-state index in [1.807, 2.05) is 12.1 Å². The molecule has 0 radical (unpaired) electrons. The average molecular weight is 223 g/mol. The van der Waals surface area contributed by atoms with Crippen LogP contribution in [-0.4, -0.2) is 23.9 Å². The highest BCUT2D eigenvalue weighted by molar-refractivity contribution is 6.04. The van der Waals surface area contributed by atoms with Crippen molar-refractivity contribution in [2.24, 2.45) is 0 Å². The molecule has 4 nitrogen and oxygen atoms in total. The van der Waals surface area contributed by atoms with Crippen molar-refractivity contribution in [3.8, 4) is 12.1 Å². The predicted molar refractivity (Wildman–Crippen MR) is 61.5 cm³/mol. The normalized spacial score (nSPS) is 20.6. The number of benzene rings is 1. The molecule has 1 aromatic rings. The van der Waals surface area contributed by atoms with E-state index in [2.05, 4.69) is 0 Å². The third-order valence-corrected chi connectivity index (χ3v) is 2.81. The highest BCUT2D eigenvalue weighted by Gasteiger charge is 2.33. The van der Waals surface area contributed by atoms with Crippen molar-refractivity contribution in [1.82, 2.24) is 4.90 Å². The summed E-state index contributed by atoms with van der Waals surface area (Å²) in [6, 6.07) is 10.3. The molecular formula is C13H9N3O. The number of hydrogen-bond donors (Lipinski definition) is 0. The van der Waals surface area contributed by atoms with Gasteiger partial charge >= 0.3 is 0 Å². The molecule has 0 spiro atoms. The summed E-state index contributed by atoms with van der Waals surface area (Å²) in [6.07, 6.45) is 1.33. The number of hydrogen-bond acceptors (Lipinski definition) is 3. The zero-order valence-corrected chi connectivity index (χ0v) is 9.21. The van der Waals surface area contributed by atoms with Crippen LogP contribution in [0.1, 0.15) is 15.9 Å². The first kappa shape index (κ1) is 10.9. The average Bonchev–Trinajstić information content (AvgIpc) is 2.36. The Morgan fingerprint density at radius 2 is 1.94 bits per heavy atom. The second kappa shape index (κ2) is 4.11. The topological polar surface area (TPSA) is 67.9 Å². The minimum atomic E-state index is -0.697. The quantitative estimate of drug-likeness (QED) is 0.627. The number of nitriles is 2. The van der Waals surface area contributed by atoms with Gasteiger partial charge in [0.05, 0.1) is 12.1 Å². The van der Waals surface area contributed by atoms with Gasteiger partial charge in [-0.15, -0.1) is 0 Å². The van der Waals surface area contributed by atoms with Gasteiger partial charge in [-0.3, -0.25) is 4.79 Å². The van der Waals surface area contributed by atoms with E-state index in [1.54, 1.807) is 31.3 Å². The van der Waals surface area contributed by atoms with E-state index in [1.165, 1.54) is 11.0 Å². The number of allylic oxidation sites excluding steroid dienone is 1. The van der Waals surface area contributed by atoms with Crippen molar-refractivity contribution < 1.29 is 4.79 Å². The van der Waals surface area contributed by atoms with E-state index in [0.717, 1.165) is 0 Å². The standard InChI is InChI=1S/C13H9N3O/c1-16-12(8-15)10(6-7-14)9-4-2-3-5-11(9)13(16)17/h2-6,12H,1H3/b10-6+. The summed E-state index contributed by atoms with van der Waals surface area (Å²) in [5.41, 5.74) is 1.78. The van der Waals surface area contributed by atoms with Gasteiger partial charge in [0.1, 0.15) is 6.04 Å². The van der Waals surface area contributed by atoms with Crippen LogP contribution in [0.15, 0.2) is 30.3 Å². The van der Waals surface area contributed by atoms with Gasteiger partial charge in [-0.05, 0) is 11.6 Å². The number of carbonyl (C=O) groups excluding carboxylic acids is 1.